The van der Waals surface area contributed by atoms with Gasteiger partial charge in [-0.2, -0.15) is 0 Å². The third-order valence-electron chi connectivity index (χ3n) is 3.27. The second kappa shape index (κ2) is 4.68. The maximum Gasteiger partial charge on any atom is 0.254 e. The lowest BCUT2D eigenvalue weighted by Crippen LogP contribution is -2.36. The minimum absolute atomic E-state index is 0.0310. The first-order valence-corrected chi connectivity index (χ1v) is 6.18. The van der Waals surface area contributed by atoms with Crippen molar-refractivity contribution >= 4 is 11.9 Å². The van der Waals surface area contributed by atoms with E-state index < -0.39 is 0 Å². The fraction of sp³-hybridized carbons (Fsp3) is 0.214. The Labute approximate surface area is 111 Å². The van der Waals surface area contributed by atoms with Crippen molar-refractivity contribution in [1.29, 1.82) is 0 Å². The highest BCUT2D eigenvalue weighted by Crippen LogP contribution is 2.18. The summed E-state index contributed by atoms with van der Waals surface area (Å²) in [5, 5.41) is 0. The van der Waals surface area contributed by atoms with Crippen LogP contribution in [0.15, 0.2) is 36.5 Å². The lowest BCUT2D eigenvalue weighted by molar-refractivity contribution is 0.0731. The molecule has 5 heteroatoms. The third kappa shape index (κ3) is 2.27. The number of carbonyl (C=O) groups is 1. The predicted molar refractivity (Wildman–Crippen MR) is 71.3 cm³/mol. The van der Waals surface area contributed by atoms with Gasteiger partial charge in [-0.25, -0.2) is 9.97 Å². The third-order valence-corrected chi connectivity index (χ3v) is 3.27. The number of hydrogen-bond acceptors (Lipinski definition) is 4. The number of rotatable bonds is 1. The van der Waals surface area contributed by atoms with Crippen LogP contribution in [0.4, 0.5) is 5.95 Å². The van der Waals surface area contributed by atoms with Gasteiger partial charge in [-0.15, -0.1) is 0 Å². The summed E-state index contributed by atoms with van der Waals surface area (Å²) in [5.41, 5.74) is 8.22. The fourth-order valence-electron chi connectivity index (χ4n) is 2.26. The average molecular weight is 254 g/mol. The highest BCUT2D eigenvalue weighted by atomic mass is 16.2. The lowest BCUT2D eigenvalue weighted by Gasteiger charge is -2.28. The minimum atomic E-state index is 0.0310. The zero-order chi connectivity index (χ0) is 13.2. The second-order valence-electron chi connectivity index (χ2n) is 4.54. The van der Waals surface area contributed by atoms with Gasteiger partial charge in [0.25, 0.3) is 5.91 Å². The van der Waals surface area contributed by atoms with Crippen molar-refractivity contribution in [2.24, 2.45) is 0 Å². The Morgan fingerprint density at radius 2 is 2.05 bits per heavy atom. The number of amides is 1. The Kier molecular flexibility index (Phi) is 2.87. The van der Waals surface area contributed by atoms with Crippen LogP contribution < -0.4 is 5.73 Å². The molecule has 0 unspecified atom stereocenters. The number of nitrogens with zero attached hydrogens (tertiary/aromatic N) is 3. The number of fused-ring (bicyclic) bond motifs is 1. The topological polar surface area (TPSA) is 72.1 Å². The molecule has 0 atom stereocenters. The van der Waals surface area contributed by atoms with Crippen molar-refractivity contribution in [1.82, 2.24) is 14.9 Å². The van der Waals surface area contributed by atoms with Gasteiger partial charge in [0.1, 0.15) is 0 Å². The molecular formula is C14H14N4O. The standard InChI is InChI=1S/C14H14N4O/c15-14-16-8-11-6-7-18(9-12(11)17-14)13(19)10-4-2-1-3-5-10/h1-5,8H,6-7,9H2,(H2,15,16,17). The van der Waals surface area contributed by atoms with Crippen molar-refractivity contribution in [2.45, 2.75) is 13.0 Å². The van der Waals surface area contributed by atoms with Gasteiger partial charge in [0.2, 0.25) is 5.95 Å². The van der Waals surface area contributed by atoms with E-state index in [1.54, 1.807) is 11.1 Å². The first-order valence-electron chi connectivity index (χ1n) is 6.18. The molecule has 0 radical (unpaired) electrons. The van der Waals surface area contributed by atoms with Crippen LogP contribution >= 0.6 is 0 Å². The van der Waals surface area contributed by atoms with Crippen LogP contribution in [0.2, 0.25) is 0 Å². The molecule has 3 rings (SSSR count). The quantitative estimate of drug-likeness (QED) is 0.831. The Morgan fingerprint density at radius 1 is 1.26 bits per heavy atom. The van der Waals surface area contributed by atoms with Gasteiger partial charge in [-0.3, -0.25) is 4.79 Å². The molecule has 2 aromatic rings. The maximum atomic E-state index is 12.3. The van der Waals surface area contributed by atoms with E-state index in [4.69, 9.17) is 5.73 Å². The number of hydrogen-bond donors (Lipinski definition) is 1. The lowest BCUT2D eigenvalue weighted by atomic mass is 10.1. The van der Waals surface area contributed by atoms with Crippen LogP contribution in [-0.4, -0.2) is 27.3 Å². The molecule has 0 saturated heterocycles. The Hall–Kier alpha value is -2.43. The molecule has 1 aromatic heterocycles. The number of anilines is 1. The summed E-state index contributed by atoms with van der Waals surface area (Å²) in [4.78, 5) is 22.3. The summed E-state index contributed by atoms with van der Waals surface area (Å²) in [6.45, 7) is 1.18. The molecule has 0 fully saturated rings. The van der Waals surface area contributed by atoms with Crippen LogP contribution in [-0.2, 0) is 13.0 Å². The molecule has 0 spiro atoms. The molecule has 19 heavy (non-hydrogen) atoms. The van der Waals surface area contributed by atoms with Crippen LogP contribution in [0.5, 0.6) is 0 Å². The van der Waals surface area contributed by atoms with E-state index in [2.05, 4.69) is 9.97 Å². The summed E-state index contributed by atoms with van der Waals surface area (Å²) < 4.78 is 0. The highest BCUT2D eigenvalue weighted by molar-refractivity contribution is 5.94. The van der Waals surface area contributed by atoms with E-state index >= 15 is 0 Å². The van der Waals surface area contributed by atoms with Crippen molar-refractivity contribution in [2.75, 3.05) is 12.3 Å². The molecule has 0 saturated carbocycles. The Morgan fingerprint density at radius 3 is 2.84 bits per heavy atom. The fourth-order valence-corrected chi connectivity index (χ4v) is 2.26. The molecule has 96 valence electrons. The smallest absolute Gasteiger partial charge is 0.254 e. The molecule has 1 amide bonds. The van der Waals surface area contributed by atoms with Crippen LogP contribution in [0.25, 0.3) is 0 Å². The van der Waals surface area contributed by atoms with Crippen LogP contribution in [0.3, 0.4) is 0 Å². The number of aromatic nitrogens is 2. The molecule has 2 N–H and O–H groups in total. The molecule has 0 bridgehead atoms. The number of benzene rings is 1. The zero-order valence-corrected chi connectivity index (χ0v) is 10.4. The minimum Gasteiger partial charge on any atom is -0.368 e. The molecule has 1 aliphatic rings. The van der Waals surface area contributed by atoms with E-state index in [1.807, 2.05) is 30.3 Å². The monoisotopic (exact) mass is 254 g/mol. The summed E-state index contributed by atoms with van der Waals surface area (Å²) in [5.74, 6) is 0.288. The average Bonchev–Trinajstić information content (AvgIpc) is 2.46. The van der Waals surface area contributed by atoms with Gasteiger partial charge < -0.3 is 10.6 Å². The second-order valence-corrected chi connectivity index (χ2v) is 4.54. The van der Waals surface area contributed by atoms with Gasteiger partial charge in [0.05, 0.1) is 12.2 Å². The van der Waals surface area contributed by atoms with E-state index in [1.165, 1.54) is 0 Å². The SMILES string of the molecule is Nc1ncc2c(n1)CN(C(=O)c1ccccc1)CC2. The molecule has 1 aromatic carbocycles. The normalized spacial score (nSPS) is 14.0. The zero-order valence-electron chi connectivity index (χ0n) is 10.4. The van der Waals surface area contributed by atoms with Crippen LogP contribution in [0, 0.1) is 0 Å². The van der Waals surface area contributed by atoms with Crippen LogP contribution in [0.1, 0.15) is 21.6 Å². The Bertz CT molecular complexity index is 612. The maximum absolute atomic E-state index is 12.3. The number of carbonyl (C=O) groups excluding carboxylic acids is 1. The first-order chi connectivity index (χ1) is 9.24. The van der Waals surface area contributed by atoms with E-state index in [0.29, 0.717) is 18.7 Å². The van der Waals surface area contributed by atoms with Gasteiger partial charge in [0.15, 0.2) is 0 Å². The molecule has 5 nitrogen and oxygen atoms in total. The largest absolute Gasteiger partial charge is 0.368 e. The summed E-state index contributed by atoms with van der Waals surface area (Å²) >= 11 is 0. The summed E-state index contributed by atoms with van der Waals surface area (Å²) in [6.07, 6.45) is 2.52. The number of nitrogen functional groups attached to an aromatic ring is 1. The van der Waals surface area contributed by atoms with E-state index in [9.17, 15) is 4.79 Å². The van der Waals surface area contributed by atoms with Gasteiger partial charge in [0, 0.05) is 18.3 Å². The molecule has 0 aliphatic carbocycles. The predicted octanol–water partition coefficient (Wildman–Crippen LogP) is 1.26. The number of nitrogens with two attached hydrogens (primary N) is 1. The van der Waals surface area contributed by atoms with Crippen molar-refractivity contribution in [3.63, 3.8) is 0 Å². The summed E-state index contributed by atoms with van der Waals surface area (Å²) in [7, 11) is 0. The van der Waals surface area contributed by atoms with Gasteiger partial charge in [-0.05, 0) is 24.1 Å². The first kappa shape index (κ1) is 11.6. The molecular weight excluding hydrogens is 240 g/mol. The van der Waals surface area contributed by atoms with E-state index in [-0.39, 0.29) is 11.9 Å². The Balaban J connectivity index is 1.84. The molecule has 1 aliphatic heterocycles. The summed E-state index contributed by atoms with van der Waals surface area (Å²) in [6, 6.07) is 9.28. The van der Waals surface area contributed by atoms with Gasteiger partial charge in [-0.1, -0.05) is 18.2 Å². The van der Waals surface area contributed by atoms with Gasteiger partial charge >= 0.3 is 0 Å². The highest BCUT2D eigenvalue weighted by Gasteiger charge is 2.22. The van der Waals surface area contributed by atoms with Crippen molar-refractivity contribution in [3.8, 4) is 0 Å². The molecule has 2 heterocycles. The van der Waals surface area contributed by atoms with Crippen molar-refractivity contribution < 1.29 is 4.79 Å². The van der Waals surface area contributed by atoms with Crippen molar-refractivity contribution in [3.05, 3.63) is 53.3 Å². The van der Waals surface area contributed by atoms with E-state index in [0.717, 1.165) is 17.7 Å².